The van der Waals surface area contributed by atoms with E-state index in [0.29, 0.717) is 19.0 Å². The summed E-state index contributed by atoms with van der Waals surface area (Å²) in [5.41, 5.74) is 3.92. The van der Waals surface area contributed by atoms with Gasteiger partial charge in [-0.1, -0.05) is 18.9 Å². The lowest BCUT2D eigenvalue weighted by molar-refractivity contribution is 0.251. The topological polar surface area (TPSA) is 76.0 Å². The number of anilines is 1. The average molecular weight is 354 g/mol. The number of carbonyl (C=O) groups excluding carboxylic acids is 1. The van der Waals surface area contributed by atoms with Crippen LogP contribution in [0.15, 0.2) is 35.4 Å². The first kappa shape index (κ1) is 18.2. The first-order chi connectivity index (χ1) is 12.5. The Kier molecular flexibility index (Phi) is 5.71. The maximum atomic E-state index is 12.2. The Morgan fingerprint density at radius 2 is 1.96 bits per heavy atom. The molecule has 1 heterocycles. The summed E-state index contributed by atoms with van der Waals surface area (Å²) in [7, 11) is 0. The van der Waals surface area contributed by atoms with Crippen molar-refractivity contribution < 1.29 is 4.79 Å². The van der Waals surface area contributed by atoms with Gasteiger partial charge >= 0.3 is 6.03 Å². The van der Waals surface area contributed by atoms with Crippen LogP contribution in [-0.4, -0.2) is 22.1 Å². The third-order valence-electron chi connectivity index (χ3n) is 5.08. The fourth-order valence-electron chi connectivity index (χ4n) is 3.34. The molecular formula is C20H26N4O2. The molecule has 6 heteroatoms. The van der Waals surface area contributed by atoms with Crippen molar-refractivity contribution in [2.24, 2.45) is 0 Å². The third kappa shape index (κ3) is 4.50. The minimum atomic E-state index is -0.281. The lowest BCUT2D eigenvalue weighted by Gasteiger charge is -2.12. The Morgan fingerprint density at radius 1 is 1.19 bits per heavy atom. The fraction of sp³-hybridized carbons (Fsp3) is 0.450. The number of hydrogen-bond acceptors (Lipinski definition) is 3. The zero-order valence-electron chi connectivity index (χ0n) is 15.4. The van der Waals surface area contributed by atoms with E-state index in [4.69, 9.17) is 0 Å². The maximum absolute atomic E-state index is 12.2. The molecule has 0 bridgehead atoms. The van der Waals surface area contributed by atoms with Crippen LogP contribution in [0.4, 0.5) is 10.5 Å². The third-order valence-corrected chi connectivity index (χ3v) is 5.08. The van der Waals surface area contributed by atoms with E-state index in [2.05, 4.69) is 15.6 Å². The van der Waals surface area contributed by atoms with E-state index in [-0.39, 0.29) is 11.6 Å². The molecule has 2 N–H and O–H groups in total. The first-order valence-corrected chi connectivity index (χ1v) is 9.21. The van der Waals surface area contributed by atoms with Gasteiger partial charge in [0.1, 0.15) is 0 Å². The van der Waals surface area contributed by atoms with Gasteiger partial charge in [-0.05, 0) is 49.9 Å². The highest BCUT2D eigenvalue weighted by molar-refractivity contribution is 5.89. The molecule has 1 aliphatic carbocycles. The highest BCUT2D eigenvalue weighted by atomic mass is 16.2. The minimum absolute atomic E-state index is 0.0572. The van der Waals surface area contributed by atoms with Crippen molar-refractivity contribution in [3.8, 4) is 0 Å². The van der Waals surface area contributed by atoms with E-state index >= 15 is 0 Å². The molecular weight excluding hydrogens is 328 g/mol. The molecule has 138 valence electrons. The van der Waals surface area contributed by atoms with Gasteiger partial charge in [-0.3, -0.25) is 9.36 Å². The fourth-order valence-corrected chi connectivity index (χ4v) is 3.34. The van der Waals surface area contributed by atoms with E-state index < -0.39 is 0 Å². The second kappa shape index (κ2) is 8.17. The van der Waals surface area contributed by atoms with Crippen molar-refractivity contribution in [3.63, 3.8) is 0 Å². The predicted octanol–water partition coefficient (Wildman–Crippen LogP) is 3.34. The maximum Gasteiger partial charge on any atom is 0.319 e. The van der Waals surface area contributed by atoms with Crippen LogP contribution in [-0.2, 0) is 6.54 Å². The van der Waals surface area contributed by atoms with E-state index in [1.165, 1.54) is 23.0 Å². The Bertz CT molecular complexity index is 838. The summed E-state index contributed by atoms with van der Waals surface area (Å²) in [5, 5.41) is 5.58. The summed E-state index contributed by atoms with van der Waals surface area (Å²) < 4.78 is 1.54. The molecule has 1 aromatic heterocycles. The lowest BCUT2D eigenvalue weighted by atomic mass is 10.0. The number of aryl methyl sites for hydroxylation is 2. The zero-order valence-corrected chi connectivity index (χ0v) is 15.4. The second-order valence-electron chi connectivity index (χ2n) is 7.01. The Hall–Kier alpha value is -2.63. The van der Waals surface area contributed by atoms with Gasteiger partial charge in [0.2, 0.25) is 0 Å². The van der Waals surface area contributed by atoms with E-state index in [0.717, 1.165) is 29.8 Å². The van der Waals surface area contributed by atoms with Gasteiger partial charge in [-0.25, -0.2) is 9.78 Å². The normalized spacial score (nSPS) is 14.4. The smallest absolute Gasteiger partial charge is 0.319 e. The number of amides is 2. The van der Waals surface area contributed by atoms with Crippen molar-refractivity contribution in [1.29, 1.82) is 0 Å². The molecule has 1 aliphatic rings. The predicted molar refractivity (Wildman–Crippen MR) is 103 cm³/mol. The van der Waals surface area contributed by atoms with Gasteiger partial charge in [0.25, 0.3) is 5.56 Å². The molecule has 0 unspecified atom stereocenters. The average Bonchev–Trinajstić information content (AvgIpc) is 3.14. The molecule has 0 radical (unpaired) electrons. The van der Waals surface area contributed by atoms with Crippen LogP contribution in [0.5, 0.6) is 0 Å². The summed E-state index contributed by atoms with van der Waals surface area (Å²) in [6, 6.07) is 7.15. The molecule has 2 aromatic rings. The first-order valence-electron chi connectivity index (χ1n) is 9.21. The molecule has 1 saturated carbocycles. The van der Waals surface area contributed by atoms with Crippen molar-refractivity contribution in [3.05, 3.63) is 57.8 Å². The number of nitrogens with zero attached hydrogens (tertiary/aromatic N) is 2. The lowest BCUT2D eigenvalue weighted by Crippen LogP contribution is -2.33. The van der Waals surface area contributed by atoms with Crippen LogP contribution in [0.2, 0.25) is 0 Å². The molecule has 2 amide bonds. The summed E-state index contributed by atoms with van der Waals surface area (Å²) in [6.45, 7) is 4.80. The quantitative estimate of drug-likeness (QED) is 0.865. The standard InChI is InChI=1S/C20H26N4O2/c1-14-7-8-17(11-15(14)2)23-20(26)21-9-10-24-13-22-18(12-19(24)25)16-5-3-4-6-16/h7-8,11-13,16H,3-6,9-10H2,1-2H3,(H2,21,23,26). The summed E-state index contributed by atoms with van der Waals surface area (Å²) in [4.78, 5) is 28.7. The Labute approximate surface area is 153 Å². The molecule has 0 saturated heterocycles. The number of rotatable bonds is 5. The van der Waals surface area contributed by atoms with Gasteiger partial charge in [0, 0.05) is 30.8 Å². The molecule has 1 aromatic carbocycles. The number of urea groups is 1. The van der Waals surface area contributed by atoms with E-state index in [9.17, 15) is 9.59 Å². The van der Waals surface area contributed by atoms with Crippen molar-refractivity contribution in [2.75, 3.05) is 11.9 Å². The highest BCUT2D eigenvalue weighted by Gasteiger charge is 2.18. The second-order valence-corrected chi connectivity index (χ2v) is 7.01. The van der Waals surface area contributed by atoms with Crippen molar-refractivity contribution >= 4 is 11.7 Å². The Morgan fingerprint density at radius 3 is 2.65 bits per heavy atom. The molecule has 0 spiro atoms. The summed E-state index contributed by atoms with van der Waals surface area (Å²) in [5.74, 6) is 0.430. The van der Waals surface area contributed by atoms with E-state index in [1.807, 2.05) is 32.0 Å². The number of aromatic nitrogens is 2. The van der Waals surface area contributed by atoms with Gasteiger partial charge in [-0.15, -0.1) is 0 Å². The number of benzene rings is 1. The summed E-state index contributed by atoms with van der Waals surface area (Å²) in [6.07, 6.45) is 6.27. The largest absolute Gasteiger partial charge is 0.336 e. The Balaban J connectivity index is 1.50. The van der Waals surface area contributed by atoms with Crippen LogP contribution >= 0.6 is 0 Å². The SMILES string of the molecule is Cc1ccc(NC(=O)NCCn2cnc(C3CCCC3)cc2=O)cc1C. The van der Waals surface area contributed by atoms with Gasteiger partial charge in [0.05, 0.1) is 12.0 Å². The van der Waals surface area contributed by atoms with Crippen LogP contribution in [0.1, 0.15) is 48.4 Å². The molecule has 3 rings (SSSR count). The molecule has 0 atom stereocenters. The zero-order chi connectivity index (χ0) is 18.5. The van der Waals surface area contributed by atoms with Crippen LogP contribution in [0, 0.1) is 13.8 Å². The molecule has 0 aliphatic heterocycles. The monoisotopic (exact) mass is 354 g/mol. The highest BCUT2D eigenvalue weighted by Crippen LogP contribution is 2.32. The van der Waals surface area contributed by atoms with Crippen LogP contribution in [0.25, 0.3) is 0 Å². The molecule has 26 heavy (non-hydrogen) atoms. The van der Waals surface area contributed by atoms with Crippen LogP contribution in [0.3, 0.4) is 0 Å². The van der Waals surface area contributed by atoms with Gasteiger partial charge in [0.15, 0.2) is 0 Å². The minimum Gasteiger partial charge on any atom is -0.336 e. The summed E-state index contributed by atoms with van der Waals surface area (Å²) >= 11 is 0. The molecule has 1 fully saturated rings. The van der Waals surface area contributed by atoms with E-state index in [1.54, 1.807) is 12.4 Å². The van der Waals surface area contributed by atoms with Gasteiger partial charge in [-0.2, -0.15) is 0 Å². The van der Waals surface area contributed by atoms with Gasteiger partial charge < -0.3 is 10.6 Å². The number of hydrogen-bond donors (Lipinski definition) is 2. The van der Waals surface area contributed by atoms with Crippen molar-refractivity contribution in [1.82, 2.24) is 14.9 Å². The number of carbonyl (C=O) groups is 1. The van der Waals surface area contributed by atoms with Crippen molar-refractivity contribution in [2.45, 2.75) is 52.0 Å². The number of nitrogens with one attached hydrogen (secondary N) is 2. The molecule has 6 nitrogen and oxygen atoms in total. The van der Waals surface area contributed by atoms with Crippen LogP contribution < -0.4 is 16.2 Å².